The SMILES string of the molecule is CCCCCCCCCCCCCCCCCCCCCCCOS(=O)(=O)c1cccc2ccccc12. The molecule has 0 radical (unpaired) electrons. The summed E-state index contributed by atoms with van der Waals surface area (Å²) in [7, 11) is -3.71. The topological polar surface area (TPSA) is 43.4 Å². The van der Waals surface area contributed by atoms with Gasteiger partial charge in [-0.3, -0.25) is 4.18 Å². The van der Waals surface area contributed by atoms with Gasteiger partial charge in [-0.05, 0) is 17.9 Å². The summed E-state index contributed by atoms with van der Waals surface area (Å²) in [5.41, 5.74) is 0. The molecule has 3 nitrogen and oxygen atoms in total. The third-order valence-corrected chi connectivity index (χ3v) is 8.88. The normalized spacial score (nSPS) is 11.9. The zero-order valence-electron chi connectivity index (χ0n) is 23.7. The highest BCUT2D eigenvalue weighted by Crippen LogP contribution is 2.24. The Bertz CT molecular complexity index is 917. The smallest absolute Gasteiger partial charge is 0.266 e. The molecule has 0 aliphatic heterocycles. The fraction of sp³-hybridized carbons (Fsp3) is 0.697. The van der Waals surface area contributed by atoms with Crippen molar-refractivity contribution in [3.8, 4) is 0 Å². The Morgan fingerprint density at radius 3 is 1.41 bits per heavy atom. The minimum atomic E-state index is -3.71. The Hall–Kier alpha value is -1.39. The Morgan fingerprint density at radius 1 is 0.514 bits per heavy atom. The van der Waals surface area contributed by atoms with Gasteiger partial charge in [0.2, 0.25) is 0 Å². The summed E-state index contributed by atoms with van der Waals surface area (Å²) in [6.07, 6.45) is 28.2. The molecule has 210 valence electrons. The van der Waals surface area contributed by atoms with E-state index in [0.717, 1.165) is 30.0 Å². The van der Waals surface area contributed by atoms with E-state index < -0.39 is 10.1 Å². The lowest BCUT2D eigenvalue weighted by Crippen LogP contribution is -2.08. The fourth-order valence-corrected chi connectivity index (χ4v) is 6.34. The first kappa shape index (κ1) is 31.8. The Morgan fingerprint density at radius 2 is 0.919 bits per heavy atom. The highest BCUT2D eigenvalue weighted by atomic mass is 32.2. The van der Waals surface area contributed by atoms with Crippen LogP contribution in [0.5, 0.6) is 0 Å². The summed E-state index contributed by atoms with van der Waals surface area (Å²) in [5, 5.41) is 1.64. The molecule has 0 aliphatic carbocycles. The third kappa shape index (κ3) is 14.4. The molecule has 0 saturated carbocycles. The highest BCUT2D eigenvalue weighted by molar-refractivity contribution is 7.87. The molecule has 2 aromatic carbocycles. The van der Waals surface area contributed by atoms with E-state index in [2.05, 4.69) is 6.92 Å². The molecule has 0 amide bonds. The van der Waals surface area contributed by atoms with Crippen LogP contribution >= 0.6 is 0 Å². The van der Waals surface area contributed by atoms with Crippen LogP contribution in [-0.2, 0) is 14.3 Å². The van der Waals surface area contributed by atoms with Gasteiger partial charge >= 0.3 is 0 Å². The second-order valence-electron chi connectivity index (χ2n) is 10.8. The van der Waals surface area contributed by atoms with Gasteiger partial charge in [0.05, 0.1) is 6.61 Å². The maximum absolute atomic E-state index is 12.6. The van der Waals surface area contributed by atoms with Crippen LogP contribution in [0.1, 0.15) is 142 Å². The predicted octanol–water partition coefficient (Wildman–Crippen LogP) is 10.8. The summed E-state index contributed by atoms with van der Waals surface area (Å²) in [5.74, 6) is 0. The van der Waals surface area contributed by atoms with Crippen molar-refractivity contribution in [3.63, 3.8) is 0 Å². The maximum atomic E-state index is 12.6. The summed E-state index contributed by atoms with van der Waals surface area (Å²) in [6, 6.07) is 12.9. The van der Waals surface area contributed by atoms with Crippen molar-refractivity contribution in [2.45, 2.75) is 147 Å². The van der Waals surface area contributed by atoms with Crippen molar-refractivity contribution in [1.82, 2.24) is 0 Å². The first-order chi connectivity index (χ1) is 18.1. The second kappa shape index (κ2) is 20.6. The summed E-state index contributed by atoms with van der Waals surface area (Å²) >= 11 is 0. The van der Waals surface area contributed by atoms with E-state index in [4.69, 9.17) is 4.18 Å². The van der Waals surface area contributed by atoms with Crippen LogP contribution in [0.3, 0.4) is 0 Å². The van der Waals surface area contributed by atoms with Crippen LogP contribution in [0.4, 0.5) is 0 Å². The molecule has 0 bridgehead atoms. The van der Waals surface area contributed by atoms with Gasteiger partial charge in [0, 0.05) is 5.39 Å². The maximum Gasteiger partial charge on any atom is 0.297 e. The standard InChI is InChI=1S/C33H54O3S/c1-2-3-4-5-6-7-8-9-10-11-12-13-14-15-16-17-18-19-20-21-24-30-36-37(34,35)33-29-25-27-31-26-22-23-28-32(31)33/h22-23,25-29H,2-21,24,30H2,1H3. The molecule has 2 aromatic rings. The van der Waals surface area contributed by atoms with Crippen LogP contribution < -0.4 is 0 Å². The van der Waals surface area contributed by atoms with Crippen LogP contribution in [0.15, 0.2) is 47.4 Å². The molecular weight excluding hydrogens is 476 g/mol. The van der Waals surface area contributed by atoms with Crippen LogP contribution in [-0.4, -0.2) is 15.0 Å². The van der Waals surface area contributed by atoms with Crippen molar-refractivity contribution in [3.05, 3.63) is 42.5 Å². The number of hydrogen-bond donors (Lipinski definition) is 0. The molecular formula is C33H54O3S. The molecule has 0 spiro atoms. The van der Waals surface area contributed by atoms with Gasteiger partial charge < -0.3 is 0 Å². The monoisotopic (exact) mass is 530 g/mol. The lowest BCUT2D eigenvalue weighted by Gasteiger charge is -2.08. The average molecular weight is 531 g/mol. The number of unbranched alkanes of at least 4 members (excludes halogenated alkanes) is 20. The Balaban J connectivity index is 1.34. The molecule has 0 aliphatic rings. The van der Waals surface area contributed by atoms with Gasteiger partial charge in [0.25, 0.3) is 10.1 Å². The molecule has 4 heteroatoms. The molecule has 0 N–H and O–H groups in total. The second-order valence-corrected chi connectivity index (χ2v) is 12.4. The number of rotatable bonds is 24. The van der Waals surface area contributed by atoms with Gasteiger partial charge in [-0.25, -0.2) is 0 Å². The van der Waals surface area contributed by atoms with Crippen molar-refractivity contribution in [1.29, 1.82) is 0 Å². The average Bonchev–Trinajstić information content (AvgIpc) is 2.91. The molecule has 2 rings (SSSR count). The molecule has 0 saturated heterocycles. The van der Waals surface area contributed by atoms with Gasteiger partial charge in [-0.2, -0.15) is 8.42 Å². The first-order valence-corrected chi connectivity index (χ1v) is 16.9. The molecule has 0 aromatic heterocycles. The predicted molar refractivity (Wildman–Crippen MR) is 160 cm³/mol. The Labute approximate surface area is 228 Å². The number of benzene rings is 2. The van der Waals surface area contributed by atoms with Gasteiger partial charge in [-0.1, -0.05) is 172 Å². The quantitative estimate of drug-likeness (QED) is 0.100. The van der Waals surface area contributed by atoms with Crippen LogP contribution in [0.2, 0.25) is 0 Å². The Kier molecular flexibility index (Phi) is 17.7. The minimum absolute atomic E-state index is 0.268. The number of fused-ring (bicyclic) bond motifs is 1. The summed E-state index contributed by atoms with van der Waals surface area (Å²) in [4.78, 5) is 0.272. The zero-order valence-corrected chi connectivity index (χ0v) is 24.5. The van der Waals surface area contributed by atoms with Crippen molar-refractivity contribution >= 4 is 20.9 Å². The molecule has 0 atom stereocenters. The molecule has 37 heavy (non-hydrogen) atoms. The fourth-order valence-electron chi connectivity index (χ4n) is 5.18. The largest absolute Gasteiger partial charge is 0.297 e. The van der Waals surface area contributed by atoms with Gasteiger partial charge in [0.15, 0.2) is 0 Å². The summed E-state index contributed by atoms with van der Waals surface area (Å²) in [6.45, 7) is 2.56. The third-order valence-electron chi connectivity index (χ3n) is 7.51. The van der Waals surface area contributed by atoms with E-state index in [1.165, 1.54) is 116 Å². The minimum Gasteiger partial charge on any atom is -0.266 e. The van der Waals surface area contributed by atoms with Crippen molar-refractivity contribution < 1.29 is 12.6 Å². The van der Waals surface area contributed by atoms with E-state index in [1.54, 1.807) is 12.1 Å². The summed E-state index contributed by atoms with van der Waals surface area (Å²) < 4.78 is 30.6. The molecule has 0 fully saturated rings. The van der Waals surface area contributed by atoms with E-state index >= 15 is 0 Å². The van der Waals surface area contributed by atoms with Crippen molar-refractivity contribution in [2.24, 2.45) is 0 Å². The first-order valence-electron chi connectivity index (χ1n) is 15.5. The molecule has 0 heterocycles. The number of hydrogen-bond acceptors (Lipinski definition) is 3. The van der Waals surface area contributed by atoms with E-state index in [1.807, 2.05) is 30.3 Å². The van der Waals surface area contributed by atoms with Gasteiger partial charge in [0.1, 0.15) is 4.90 Å². The van der Waals surface area contributed by atoms with Crippen LogP contribution in [0, 0.1) is 0 Å². The lowest BCUT2D eigenvalue weighted by atomic mass is 10.0. The van der Waals surface area contributed by atoms with E-state index in [9.17, 15) is 8.42 Å². The zero-order chi connectivity index (χ0) is 26.4. The van der Waals surface area contributed by atoms with Crippen molar-refractivity contribution in [2.75, 3.05) is 6.61 Å². The van der Waals surface area contributed by atoms with Gasteiger partial charge in [-0.15, -0.1) is 0 Å². The lowest BCUT2D eigenvalue weighted by molar-refractivity contribution is 0.306. The van der Waals surface area contributed by atoms with Crippen LogP contribution in [0.25, 0.3) is 10.8 Å². The highest BCUT2D eigenvalue weighted by Gasteiger charge is 2.17. The van der Waals surface area contributed by atoms with E-state index in [0.29, 0.717) is 0 Å². The molecule has 0 unspecified atom stereocenters. The van der Waals surface area contributed by atoms with E-state index in [-0.39, 0.29) is 11.5 Å².